The van der Waals surface area contributed by atoms with Crippen LogP contribution in [0.25, 0.3) is 4.96 Å². The highest BCUT2D eigenvalue weighted by atomic mass is 79.9. The molecule has 0 fully saturated rings. The third-order valence-electron chi connectivity index (χ3n) is 2.75. The SMILES string of the molecule is NCCc1c(Oc2ccccc2Br)nc2sccn12. The van der Waals surface area contributed by atoms with Crippen LogP contribution in [0.1, 0.15) is 5.69 Å². The Hall–Kier alpha value is -1.37. The van der Waals surface area contributed by atoms with Crippen molar-refractivity contribution in [3.63, 3.8) is 0 Å². The largest absolute Gasteiger partial charge is 0.436 e. The van der Waals surface area contributed by atoms with Crippen LogP contribution < -0.4 is 10.5 Å². The molecule has 6 heteroatoms. The van der Waals surface area contributed by atoms with Crippen molar-refractivity contribution in [2.45, 2.75) is 6.42 Å². The van der Waals surface area contributed by atoms with Gasteiger partial charge in [-0.2, -0.15) is 4.98 Å². The summed E-state index contributed by atoms with van der Waals surface area (Å²) >= 11 is 5.05. The van der Waals surface area contributed by atoms with Gasteiger partial charge in [0.25, 0.3) is 0 Å². The monoisotopic (exact) mass is 337 g/mol. The molecular weight excluding hydrogens is 326 g/mol. The number of para-hydroxylation sites is 1. The molecule has 0 saturated carbocycles. The molecule has 0 aliphatic heterocycles. The van der Waals surface area contributed by atoms with Gasteiger partial charge in [-0.15, -0.1) is 11.3 Å². The number of nitrogens with zero attached hydrogens (tertiary/aromatic N) is 2. The minimum Gasteiger partial charge on any atom is -0.436 e. The summed E-state index contributed by atoms with van der Waals surface area (Å²) in [6.07, 6.45) is 2.72. The lowest BCUT2D eigenvalue weighted by Crippen LogP contribution is -2.05. The topological polar surface area (TPSA) is 52.5 Å². The first-order valence-corrected chi connectivity index (χ1v) is 7.53. The first-order chi connectivity index (χ1) is 9.29. The van der Waals surface area contributed by atoms with E-state index in [4.69, 9.17) is 10.5 Å². The average Bonchev–Trinajstić information content (AvgIpc) is 2.96. The zero-order valence-electron chi connectivity index (χ0n) is 10.0. The summed E-state index contributed by atoms with van der Waals surface area (Å²) < 4.78 is 8.85. The van der Waals surface area contributed by atoms with E-state index in [9.17, 15) is 0 Å². The number of hydrogen-bond acceptors (Lipinski definition) is 4. The highest BCUT2D eigenvalue weighted by Crippen LogP contribution is 2.32. The molecule has 2 N–H and O–H groups in total. The molecule has 0 aliphatic carbocycles. The second kappa shape index (κ2) is 5.32. The molecule has 0 radical (unpaired) electrons. The van der Waals surface area contributed by atoms with Crippen LogP contribution in [-0.2, 0) is 6.42 Å². The van der Waals surface area contributed by atoms with E-state index in [1.54, 1.807) is 11.3 Å². The maximum absolute atomic E-state index is 5.91. The Morgan fingerprint density at radius 3 is 3.00 bits per heavy atom. The van der Waals surface area contributed by atoms with Crippen molar-refractivity contribution < 1.29 is 4.74 Å². The predicted octanol–water partition coefficient (Wildman–Crippen LogP) is 3.45. The second-order valence-corrected chi connectivity index (χ2v) is 5.72. The fraction of sp³-hybridized carbons (Fsp3) is 0.154. The first kappa shape index (κ1) is 12.7. The molecule has 0 bridgehead atoms. The van der Waals surface area contributed by atoms with E-state index in [0.29, 0.717) is 12.4 Å². The van der Waals surface area contributed by atoms with E-state index in [1.165, 1.54) is 0 Å². The molecule has 1 aromatic carbocycles. The van der Waals surface area contributed by atoms with Gasteiger partial charge in [-0.25, -0.2) is 0 Å². The number of rotatable bonds is 4. The van der Waals surface area contributed by atoms with Crippen LogP contribution in [0.3, 0.4) is 0 Å². The Morgan fingerprint density at radius 1 is 1.37 bits per heavy atom. The van der Waals surface area contributed by atoms with E-state index in [2.05, 4.69) is 20.9 Å². The Bertz CT molecular complexity index is 707. The Labute approximate surface area is 123 Å². The minimum atomic E-state index is 0.565. The second-order valence-electron chi connectivity index (χ2n) is 3.99. The van der Waals surface area contributed by atoms with Crippen molar-refractivity contribution in [2.75, 3.05) is 6.54 Å². The van der Waals surface area contributed by atoms with Gasteiger partial charge in [0, 0.05) is 18.0 Å². The van der Waals surface area contributed by atoms with Gasteiger partial charge in [-0.1, -0.05) is 12.1 Å². The molecular formula is C13H12BrN3OS. The number of hydrogen-bond donors (Lipinski definition) is 1. The molecule has 98 valence electrons. The summed E-state index contributed by atoms with van der Waals surface area (Å²) in [4.78, 5) is 5.43. The Kier molecular flexibility index (Phi) is 3.54. The molecule has 3 rings (SSSR count). The lowest BCUT2D eigenvalue weighted by atomic mass is 10.3. The molecule has 3 aromatic rings. The number of benzene rings is 1. The van der Waals surface area contributed by atoms with Gasteiger partial charge in [0.15, 0.2) is 4.96 Å². The van der Waals surface area contributed by atoms with Crippen LogP contribution in [0, 0.1) is 0 Å². The Morgan fingerprint density at radius 2 is 2.21 bits per heavy atom. The normalized spacial score (nSPS) is 11.1. The number of nitrogens with two attached hydrogens (primary N) is 1. The summed E-state index contributed by atoms with van der Waals surface area (Å²) in [6, 6.07) is 7.73. The molecule has 4 nitrogen and oxygen atoms in total. The van der Waals surface area contributed by atoms with Crippen LogP contribution in [0.4, 0.5) is 0 Å². The lowest BCUT2D eigenvalue weighted by Gasteiger charge is -2.06. The van der Waals surface area contributed by atoms with Crippen LogP contribution in [0.2, 0.25) is 0 Å². The Balaban J connectivity index is 2.02. The van der Waals surface area contributed by atoms with Crippen molar-refractivity contribution in [1.29, 1.82) is 0 Å². The third-order valence-corrected chi connectivity index (χ3v) is 4.16. The molecule has 0 aliphatic rings. The standard InChI is InChI=1S/C13H12BrN3OS/c14-9-3-1-2-4-11(9)18-12-10(5-6-15)17-7-8-19-13(17)16-12/h1-4,7-8H,5-6,15H2. The molecule has 2 heterocycles. The van der Waals surface area contributed by atoms with Gasteiger partial charge in [-0.05, 0) is 34.6 Å². The van der Waals surface area contributed by atoms with Gasteiger partial charge in [-0.3, -0.25) is 4.40 Å². The zero-order chi connectivity index (χ0) is 13.2. The van der Waals surface area contributed by atoms with Crippen LogP contribution in [0.5, 0.6) is 11.6 Å². The highest BCUT2D eigenvalue weighted by Gasteiger charge is 2.15. The molecule has 2 aromatic heterocycles. The minimum absolute atomic E-state index is 0.565. The van der Waals surface area contributed by atoms with Gasteiger partial charge in [0.1, 0.15) is 5.75 Å². The maximum atomic E-state index is 5.91. The van der Waals surface area contributed by atoms with Gasteiger partial charge >= 0.3 is 0 Å². The molecule has 19 heavy (non-hydrogen) atoms. The van der Waals surface area contributed by atoms with Crippen molar-refractivity contribution >= 4 is 32.2 Å². The fourth-order valence-electron chi connectivity index (χ4n) is 1.89. The quantitative estimate of drug-likeness (QED) is 0.793. The number of thiazole rings is 1. The van der Waals surface area contributed by atoms with E-state index in [0.717, 1.165) is 27.3 Å². The number of aromatic nitrogens is 2. The summed E-state index contributed by atoms with van der Waals surface area (Å²) in [7, 11) is 0. The molecule has 0 saturated heterocycles. The van der Waals surface area contributed by atoms with Crippen molar-refractivity contribution in [1.82, 2.24) is 9.38 Å². The summed E-state index contributed by atoms with van der Waals surface area (Å²) in [5.74, 6) is 1.38. The van der Waals surface area contributed by atoms with E-state index < -0.39 is 0 Å². The fourth-order valence-corrected chi connectivity index (χ4v) is 2.98. The van der Waals surface area contributed by atoms with Crippen LogP contribution in [-0.4, -0.2) is 15.9 Å². The van der Waals surface area contributed by atoms with Crippen molar-refractivity contribution in [3.8, 4) is 11.6 Å². The molecule has 0 atom stereocenters. The van der Waals surface area contributed by atoms with E-state index >= 15 is 0 Å². The lowest BCUT2D eigenvalue weighted by molar-refractivity contribution is 0.456. The van der Waals surface area contributed by atoms with Crippen LogP contribution >= 0.6 is 27.3 Å². The van der Waals surface area contributed by atoms with Crippen molar-refractivity contribution in [3.05, 3.63) is 46.0 Å². The van der Waals surface area contributed by atoms with E-state index in [-0.39, 0.29) is 0 Å². The summed E-state index contributed by atoms with van der Waals surface area (Å²) in [5, 5.41) is 2.00. The molecule has 0 spiro atoms. The van der Waals surface area contributed by atoms with Gasteiger partial charge in [0.2, 0.25) is 5.88 Å². The smallest absolute Gasteiger partial charge is 0.242 e. The van der Waals surface area contributed by atoms with Gasteiger partial charge in [0.05, 0.1) is 10.2 Å². The van der Waals surface area contributed by atoms with E-state index in [1.807, 2.05) is 40.2 Å². The third kappa shape index (κ3) is 2.39. The highest BCUT2D eigenvalue weighted by molar-refractivity contribution is 9.10. The van der Waals surface area contributed by atoms with Gasteiger partial charge < -0.3 is 10.5 Å². The summed E-state index contributed by atoms with van der Waals surface area (Å²) in [6.45, 7) is 0.565. The predicted molar refractivity (Wildman–Crippen MR) is 80.0 cm³/mol. The maximum Gasteiger partial charge on any atom is 0.242 e. The number of ether oxygens (including phenoxy) is 1. The molecule has 0 unspecified atom stereocenters. The average molecular weight is 338 g/mol. The number of imidazole rings is 1. The molecule has 0 amide bonds. The van der Waals surface area contributed by atoms with Crippen molar-refractivity contribution in [2.24, 2.45) is 5.73 Å². The zero-order valence-corrected chi connectivity index (χ0v) is 12.4. The number of halogens is 1. The first-order valence-electron chi connectivity index (χ1n) is 5.86. The van der Waals surface area contributed by atoms with Crippen LogP contribution in [0.15, 0.2) is 40.3 Å². The summed E-state index contributed by atoms with van der Waals surface area (Å²) in [5.41, 5.74) is 6.68. The number of fused-ring (bicyclic) bond motifs is 1.